The summed E-state index contributed by atoms with van der Waals surface area (Å²) in [4.78, 5) is 25.8. The van der Waals surface area contributed by atoms with E-state index in [0.29, 0.717) is 0 Å². The molecule has 25 heavy (non-hydrogen) atoms. The molecule has 1 fully saturated rings. The van der Waals surface area contributed by atoms with Gasteiger partial charge in [-0.25, -0.2) is 0 Å². The quantitative estimate of drug-likeness (QED) is 0.490. The second-order valence-electron chi connectivity index (χ2n) is 6.97. The summed E-state index contributed by atoms with van der Waals surface area (Å²) in [7, 11) is 0. The Kier molecular flexibility index (Phi) is 3.88. The lowest BCUT2D eigenvalue weighted by molar-refractivity contribution is -0.0668. The lowest BCUT2D eigenvalue weighted by atomic mass is 9.74. The molecule has 1 aliphatic heterocycles. The minimum atomic E-state index is -1.48. The number of rotatable bonds is 0. The third kappa shape index (κ3) is 2.34. The summed E-state index contributed by atoms with van der Waals surface area (Å²) < 4.78 is 0. The third-order valence-corrected chi connectivity index (χ3v) is 8.27. The second-order valence-corrected chi connectivity index (χ2v) is 9.47. The predicted molar refractivity (Wildman–Crippen MR) is 95.0 cm³/mol. The Labute approximate surface area is 152 Å². The topological polar surface area (TPSA) is 115 Å². The zero-order valence-corrected chi connectivity index (χ0v) is 15.1. The Bertz CT molecular complexity index is 803. The van der Waals surface area contributed by atoms with E-state index >= 15 is 0 Å². The highest BCUT2D eigenvalue weighted by Gasteiger charge is 2.49. The average molecular weight is 382 g/mol. The van der Waals surface area contributed by atoms with Crippen molar-refractivity contribution in [1.82, 2.24) is 0 Å². The van der Waals surface area contributed by atoms with Crippen molar-refractivity contribution >= 4 is 35.1 Å². The molecule has 0 aromatic heterocycles. The van der Waals surface area contributed by atoms with E-state index < -0.39 is 22.2 Å². The Morgan fingerprint density at radius 2 is 1.44 bits per heavy atom. The van der Waals surface area contributed by atoms with E-state index in [2.05, 4.69) is 0 Å². The number of phenolic OH excluding ortho intramolecular Hbond substituents is 2. The smallest absolute Gasteiger partial charge is 0.182 e. The van der Waals surface area contributed by atoms with Crippen molar-refractivity contribution < 1.29 is 30.0 Å². The zero-order chi connectivity index (χ0) is 18.1. The molecular weight excluding hydrogens is 364 g/mol. The van der Waals surface area contributed by atoms with Crippen molar-refractivity contribution in [1.29, 1.82) is 0 Å². The summed E-state index contributed by atoms with van der Waals surface area (Å²) >= 11 is 2.80. The van der Waals surface area contributed by atoms with Gasteiger partial charge in [-0.15, -0.1) is 23.5 Å². The summed E-state index contributed by atoms with van der Waals surface area (Å²) in [6, 6.07) is 0. The van der Waals surface area contributed by atoms with E-state index in [9.17, 15) is 30.0 Å². The number of fused-ring (bicyclic) bond motifs is 3. The molecule has 134 valence electrons. The van der Waals surface area contributed by atoms with Crippen molar-refractivity contribution in [3.8, 4) is 11.5 Å². The maximum Gasteiger partial charge on any atom is 0.182 e. The van der Waals surface area contributed by atoms with E-state index in [1.807, 2.05) is 0 Å². The molecule has 1 saturated heterocycles. The van der Waals surface area contributed by atoms with Crippen LogP contribution in [0.5, 0.6) is 11.5 Å². The number of carbonyl (C=O) groups excluding carboxylic acids is 2. The Morgan fingerprint density at radius 1 is 0.960 bits per heavy atom. The highest BCUT2D eigenvalue weighted by atomic mass is 32.2. The fourth-order valence-corrected chi connectivity index (χ4v) is 6.72. The van der Waals surface area contributed by atoms with Gasteiger partial charge in [-0.05, 0) is 6.92 Å². The first-order valence-electron chi connectivity index (χ1n) is 8.05. The van der Waals surface area contributed by atoms with E-state index in [1.165, 1.54) is 30.4 Å². The molecule has 1 heterocycles. The molecular formula is C17H18O6S2. The van der Waals surface area contributed by atoms with Gasteiger partial charge in [0.1, 0.15) is 11.5 Å². The Hall–Kier alpha value is -1.22. The Balaban J connectivity index is 1.95. The maximum absolute atomic E-state index is 12.9. The van der Waals surface area contributed by atoms with Crippen molar-refractivity contribution in [2.75, 3.05) is 11.5 Å². The van der Waals surface area contributed by atoms with Crippen LogP contribution in [0.15, 0.2) is 0 Å². The second kappa shape index (κ2) is 5.64. The summed E-state index contributed by atoms with van der Waals surface area (Å²) in [6.07, 6.45) is -1.33. The van der Waals surface area contributed by atoms with Crippen LogP contribution in [0.25, 0.3) is 0 Å². The van der Waals surface area contributed by atoms with Crippen molar-refractivity contribution in [3.05, 3.63) is 22.3 Å². The van der Waals surface area contributed by atoms with Crippen LogP contribution in [0.1, 0.15) is 38.8 Å². The molecule has 4 atom stereocenters. The van der Waals surface area contributed by atoms with Crippen LogP contribution in [0, 0.1) is 0 Å². The summed E-state index contributed by atoms with van der Waals surface area (Å²) in [5, 5.41) is 40.7. The first-order valence-corrected chi connectivity index (χ1v) is 10.2. The summed E-state index contributed by atoms with van der Waals surface area (Å²) in [6.45, 7) is 1.44. The number of phenols is 2. The fourth-order valence-electron chi connectivity index (χ4n) is 3.84. The van der Waals surface area contributed by atoms with Crippen molar-refractivity contribution in [2.24, 2.45) is 0 Å². The molecule has 3 aliphatic rings. The fraction of sp³-hybridized carbons (Fsp3) is 0.529. The maximum atomic E-state index is 12.9. The average Bonchev–Trinajstić information content (AvgIpc) is 2.57. The van der Waals surface area contributed by atoms with Gasteiger partial charge in [-0.1, -0.05) is 0 Å². The van der Waals surface area contributed by atoms with E-state index in [1.54, 1.807) is 0 Å². The Morgan fingerprint density at radius 3 is 1.96 bits per heavy atom. The number of aliphatic hydroxyl groups is 2. The lowest BCUT2D eigenvalue weighted by Crippen LogP contribution is -2.47. The molecule has 0 radical (unpaired) electrons. The van der Waals surface area contributed by atoms with Gasteiger partial charge in [0.05, 0.1) is 33.3 Å². The molecule has 0 bridgehead atoms. The first-order chi connectivity index (χ1) is 11.7. The molecule has 8 heteroatoms. The lowest BCUT2D eigenvalue weighted by Gasteiger charge is -2.38. The SMILES string of the molecule is CC1(O)Cc2c(O)c3c(c(O)c2CC1O)C(=O)C1SCCSC1C3=O. The van der Waals surface area contributed by atoms with Gasteiger partial charge in [0, 0.05) is 35.5 Å². The van der Waals surface area contributed by atoms with Gasteiger partial charge in [0.2, 0.25) is 0 Å². The molecule has 4 unspecified atom stereocenters. The molecule has 4 rings (SSSR count). The van der Waals surface area contributed by atoms with Gasteiger partial charge in [0.15, 0.2) is 11.6 Å². The monoisotopic (exact) mass is 382 g/mol. The van der Waals surface area contributed by atoms with Crippen molar-refractivity contribution in [2.45, 2.75) is 42.0 Å². The van der Waals surface area contributed by atoms with E-state index in [-0.39, 0.29) is 58.2 Å². The molecule has 1 aromatic rings. The normalized spacial score (nSPS) is 34.3. The summed E-state index contributed by atoms with van der Waals surface area (Å²) in [5.74, 6) is 0.115. The summed E-state index contributed by atoms with van der Waals surface area (Å²) in [5.41, 5.74) is -1.27. The van der Waals surface area contributed by atoms with Crippen LogP contribution < -0.4 is 0 Å². The highest BCUT2D eigenvalue weighted by Crippen LogP contribution is 2.49. The molecule has 6 nitrogen and oxygen atoms in total. The van der Waals surface area contributed by atoms with Gasteiger partial charge in [0.25, 0.3) is 0 Å². The van der Waals surface area contributed by atoms with Crippen LogP contribution in [0.3, 0.4) is 0 Å². The number of Topliss-reactive ketones (excluding diaryl/α,β-unsaturated/α-hetero) is 2. The first kappa shape index (κ1) is 17.2. The molecule has 0 saturated carbocycles. The minimum absolute atomic E-state index is 0.0908. The molecule has 2 aliphatic carbocycles. The molecule has 0 amide bonds. The van der Waals surface area contributed by atoms with Crippen LogP contribution in [0.4, 0.5) is 0 Å². The number of carbonyl (C=O) groups is 2. The van der Waals surface area contributed by atoms with Crippen molar-refractivity contribution in [3.63, 3.8) is 0 Å². The van der Waals surface area contributed by atoms with E-state index in [4.69, 9.17) is 0 Å². The van der Waals surface area contributed by atoms with Gasteiger partial charge in [-0.3, -0.25) is 9.59 Å². The predicted octanol–water partition coefficient (Wildman–Crippen LogP) is 0.905. The van der Waals surface area contributed by atoms with Crippen LogP contribution >= 0.6 is 23.5 Å². The zero-order valence-electron chi connectivity index (χ0n) is 13.5. The number of hydrogen-bond donors (Lipinski definition) is 4. The van der Waals surface area contributed by atoms with Crippen LogP contribution in [0.2, 0.25) is 0 Å². The number of hydrogen-bond acceptors (Lipinski definition) is 8. The molecule has 0 spiro atoms. The van der Waals surface area contributed by atoms with Gasteiger partial charge in [-0.2, -0.15) is 0 Å². The molecule has 1 aromatic carbocycles. The number of ketones is 2. The third-order valence-electron chi connectivity index (χ3n) is 5.27. The largest absolute Gasteiger partial charge is 0.507 e. The standard InChI is InChI=1S/C17H18O6S2/c1-17(23)5-7-6(4-8(17)18)11(19)9-10(12(7)20)14(22)16-15(13(9)21)24-2-3-25-16/h8,15-16,18-20,23H,2-5H2,1H3. The molecule has 4 N–H and O–H groups in total. The van der Waals surface area contributed by atoms with Crippen LogP contribution in [-0.2, 0) is 12.8 Å². The highest BCUT2D eigenvalue weighted by molar-refractivity contribution is 8.08. The van der Waals surface area contributed by atoms with Crippen LogP contribution in [-0.4, -0.2) is 65.7 Å². The number of aliphatic hydroxyl groups excluding tert-OH is 1. The van der Waals surface area contributed by atoms with E-state index in [0.717, 1.165) is 11.5 Å². The number of benzene rings is 1. The minimum Gasteiger partial charge on any atom is -0.507 e. The number of aromatic hydroxyl groups is 2. The number of thioether (sulfide) groups is 2. The van der Waals surface area contributed by atoms with Gasteiger partial charge < -0.3 is 20.4 Å². The van der Waals surface area contributed by atoms with Gasteiger partial charge >= 0.3 is 0 Å².